The first-order chi connectivity index (χ1) is 10.8. The molecule has 0 radical (unpaired) electrons. The van der Waals surface area contributed by atoms with Crippen LogP contribution in [0, 0.1) is 6.92 Å². The molecule has 0 aliphatic heterocycles. The molecule has 0 saturated heterocycles. The second-order valence-electron chi connectivity index (χ2n) is 6.44. The molecular weight excluding hydrogens is 290 g/mol. The van der Waals surface area contributed by atoms with Crippen molar-refractivity contribution in [1.82, 2.24) is 0 Å². The molecule has 0 saturated carbocycles. The molecule has 0 unspecified atom stereocenters. The molecule has 0 aliphatic rings. The standard InChI is InChI=1S/C19H23NO3/c1-13-6-8-15(23-13)9-11-18(21)20-16-12-14(19(2,3)4)7-10-17(16)22-5/h6-12H,1-5H3,(H,20,21)/b11-9+. The quantitative estimate of drug-likeness (QED) is 0.843. The van der Waals surface area contributed by atoms with Gasteiger partial charge in [0.2, 0.25) is 5.91 Å². The Kier molecular flexibility index (Phi) is 4.94. The Hall–Kier alpha value is -2.49. The highest BCUT2D eigenvalue weighted by Crippen LogP contribution is 2.31. The summed E-state index contributed by atoms with van der Waals surface area (Å²) in [7, 11) is 1.59. The minimum Gasteiger partial charge on any atom is -0.495 e. The van der Waals surface area contributed by atoms with Crippen molar-refractivity contribution in [2.24, 2.45) is 0 Å². The average molecular weight is 313 g/mol. The number of hydrogen-bond acceptors (Lipinski definition) is 3. The number of benzene rings is 1. The Morgan fingerprint density at radius 2 is 1.96 bits per heavy atom. The number of ether oxygens (including phenoxy) is 1. The number of methoxy groups -OCH3 is 1. The molecule has 1 amide bonds. The number of anilines is 1. The normalized spacial score (nSPS) is 11.7. The van der Waals surface area contributed by atoms with Gasteiger partial charge in [-0.05, 0) is 48.2 Å². The maximum Gasteiger partial charge on any atom is 0.248 e. The lowest BCUT2D eigenvalue weighted by Gasteiger charge is -2.21. The van der Waals surface area contributed by atoms with Gasteiger partial charge < -0.3 is 14.5 Å². The zero-order chi connectivity index (χ0) is 17.0. The lowest BCUT2D eigenvalue weighted by molar-refractivity contribution is -0.111. The van der Waals surface area contributed by atoms with Crippen LogP contribution in [0.3, 0.4) is 0 Å². The minimum absolute atomic E-state index is 0.00666. The van der Waals surface area contributed by atoms with Crippen molar-refractivity contribution in [2.75, 3.05) is 12.4 Å². The van der Waals surface area contributed by atoms with E-state index in [4.69, 9.17) is 9.15 Å². The second-order valence-corrected chi connectivity index (χ2v) is 6.44. The Morgan fingerprint density at radius 1 is 1.22 bits per heavy atom. The summed E-state index contributed by atoms with van der Waals surface area (Å²) in [6.45, 7) is 8.24. The third-order valence-corrected chi connectivity index (χ3v) is 3.48. The number of rotatable bonds is 4. The van der Waals surface area contributed by atoms with E-state index in [1.54, 1.807) is 13.2 Å². The van der Waals surface area contributed by atoms with Crippen LogP contribution in [0.15, 0.2) is 40.8 Å². The fraction of sp³-hybridized carbons (Fsp3) is 0.316. The van der Waals surface area contributed by atoms with Gasteiger partial charge in [0, 0.05) is 6.08 Å². The fourth-order valence-corrected chi connectivity index (χ4v) is 2.15. The van der Waals surface area contributed by atoms with E-state index in [2.05, 4.69) is 26.1 Å². The van der Waals surface area contributed by atoms with E-state index < -0.39 is 0 Å². The van der Waals surface area contributed by atoms with Crippen LogP contribution in [0.25, 0.3) is 6.08 Å². The molecule has 4 heteroatoms. The van der Waals surface area contributed by atoms with Crippen molar-refractivity contribution in [3.05, 3.63) is 53.5 Å². The lowest BCUT2D eigenvalue weighted by atomic mass is 9.87. The Morgan fingerprint density at radius 3 is 2.52 bits per heavy atom. The molecule has 0 fully saturated rings. The fourth-order valence-electron chi connectivity index (χ4n) is 2.15. The van der Waals surface area contributed by atoms with Crippen LogP contribution in [0.4, 0.5) is 5.69 Å². The van der Waals surface area contributed by atoms with Gasteiger partial charge in [-0.2, -0.15) is 0 Å². The molecule has 2 aromatic rings. The lowest BCUT2D eigenvalue weighted by Crippen LogP contribution is -2.14. The van der Waals surface area contributed by atoms with Crippen LogP contribution in [-0.2, 0) is 10.2 Å². The van der Waals surface area contributed by atoms with Crippen LogP contribution >= 0.6 is 0 Å². The first-order valence-corrected chi connectivity index (χ1v) is 7.53. The van der Waals surface area contributed by atoms with Gasteiger partial charge in [0.25, 0.3) is 0 Å². The summed E-state index contributed by atoms with van der Waals surface area (Å²) in [6, 6.07) is 9.50. The maximum atomic E-state index is 12.1. The van der Waals surface area contributed by atoms with E-state index >= 15 is 0 Å². The van der Waals surface area contributed by atoms with Gasteiger partial charge in [-0.15, -0.1) is 0 Å². The van der Waals surface area contributed by atoms with Crippen molar-refractivity contribution in [1.29, 1.82) is 0 Å². The number of aryl methyl sites for hydroxylation is 1. The van der Waals surface area contributed by atoms with Gasteiger partial charge in [-0.25, -0.2) is 0 Å². The SMILES string of the molecule is COc1ccc(C(C)(C)C)cc1NC(=O)/C=C/c1ccc(C)o1. The zero-order valence-electron chi connectivity index (χ0n) is 14.3. The number of amides is 1. The summed E-state index contributed by atoms with van der Waals surface area (Å²) in [5.74, 6) is 1.86. The van der Waals surface area contributed by atoms with Gasteiger partial charge in [-0.1, -0.05) is 26.8 Å². The molecule has 0 spiro atoms. The van der Waals surface area contributed by atoms with E-state index in [0.717, 1.165) is 11.3 Å². The molecule has 0 bridgehead atoms. The van der Waals surface area contributed by atoms with Crippen molar-refractivity contribution in [3.63, 3.8) is 0 Å². The summed E-state index contributed by atoms with van der Waals surface area (Å²) in [6.07, 6.45) is 3.09. The molecule has 1 aromatic carbocycles. The molecule has 1 heterocycles. The largest absolute Gasteiger partial charge is 0.495 e. The van der Waals surface area contributed by atoms with Crippen molar-refractivity contribution >= 4 is 17.7 Å². The van der Waals surface area contributed by atoms with E-state index in [9.17, 15) is 4.79 Å². The highest BCUT2D eigenvalue weighted by Gasteiger charge is 2.16. The predicted octanol–water partition coefficient (Wildman–Crippen LogP) is 4.55. The molecule has 0 atom stereocenters. The summed E-state index contributed by atoms with van der Waals surface area (Å²) >= 11 is 0. The Labute approximate surface area is 137 Å². The summed E-state index contributed by atoms with van der Waals surface area (Å²) < 4.78 is 10.7. The van der Waals surface area contributed by atoms with Gasteiger partial charge in [0.15, 0.2) is 0 Å². The van der Waals surface area contributed by atoms with Crippen LogP contribution in [0.5, 0.6) is 5.75 Å². The topological polar surface area (TPSA) is 51.5 Å². The van der Waals surface area contributed by atoms with E-state index in [1.807, 2.05) is 37.3 Å². The molecule has 23 heavy (non-hydrogen) atoms. The monoisotopic (exact) mass is 313 g/mol. The molecule has 122 valence electrons. The molecular formula is C19H23NO3. The summed E-state index contributed by atoms with van der Waals surface area (Å²) in [4.78, 5) is 12.1. The Balaban J connectivity index is 2.17. The van der Waals surface area contributed by atoms with Crippen molar-refractivity contribution < 1.29 is 13.9 Å². The first-order valence-electron chi connectivity index (χ1n) is 7.53. The van der Waals surface area contributed by atoms with Gasteiger partial charge in [-0.3, -0.25) is 4.79 Å². The van der Waals surface area contributed by atoms with E-state index in [0.29, 0.717) is 17.2 Å². The highest BCUT2D eigenvalue weighted by atomic mass is 16.5. The van der Waals surface area contributed by atoms with Crippen LogP contribution in [0.1, 0.15) is 37.9 Å². The molecule has 0 aliphatic carbocycles. The summed E-state index contributed by atoms with van der Waals surface area (Å²) in [5, 5.41) is 2.86. The van der Waals surface area contributed by atoms with E-state index in [-0.39, 0.29) is 11.3 Å². The third-order valence-electron chi connectivity index (χ3n) is 3.48. The molecule has 2 rings (SSSR count). The average Bonchev–Trinajstić information content (AvgIpc) is 2.90. The Bertz CT molecular complexity index is 720. The number of furan rings is 1. The smallest absolute Gasteiger partial charge is 0.248 e. The molecule has 1 aromatic heterocycles. The van der Waals surface area contributed by atoms with Crippen molar-refractivity contribution in [3.8, 4) is 5.75 Å². The number of hydrogen-bond donors (Lipinski definition) is 1. The number of carbonyl (C=O) groups is 1. The van der Waals surface area contributed by atoms with Crippen LogP contribution in [0.2, 0.25) is 0 Å². The van der Waals surface area contributed by atoms with Crippen LogP contribution in [-0.4, -0.2) is 13.0 Å². The van der Waals surface area contributed by atoms with E-state index in [1.165, 1.54) is 6.08 Å². The number of carbonyl (C=O) groups excluding carboxylic acids is 1. The number of nitrogens with one attached hydrogen (secondary N) is 1. The zero-order valence-corrected chi connectivity index (χ0v) is 14.3. The highest BCUT2D eigenvalue weighted by molar-refractivity contribution is 6.02. The van der Waals surface area contributed by atoms with Gasteiger partial charge >= 0.3 is 0 Å². The second kappa shape index (κ2) is 6.73. The minimum atomic E-state index is -0.233. The van der Waals surface area contributed by atoms with Crippen LogP contribution < -0.4 is 10.1 Å². The molecule has 1 N–H and O–H groups in total. The van der Waals surface area contributed by atoms with Crippen molar-refractivity contribution in [2.45, 2.75) is 33.1 Å². The summed E-state index contributed by atoms with van der Waals surface area (Å²) in [5.41, 5.74) is 1.78. The van der Waals surface area contributed by atoms with Gasteiger partial charge in [0.05, 0.1) is 12.8 Å². The third kappa shape index (κ3) is 4.49. The van der Waals surface area contributed by atoms with Gasteiger partial charge in [0.1, 0.15) is 17.3 Å². The first kappa shape index (κ1) is 16.9. The predicted molar refractivity (Wildman–Crippen MR) is 92.8 cm³/mol. The molecule has 4 nitrogen and oxygen atoms in total. The maximum absolute atomic E-state index is 12.1.